The highest BCUT2D eigenvalue weighted by Gasteiger charge is 2.07. The molecule has 2 N–H and O–H groups in total. The fourth-order valence-corrected chi connectivity index (χ4v) is 1.84. The van der Waals surface area contributed by atoms with Crippen molar-refractivity contribution in [2.24, 2.45) is 0 Å². The fourth-order valence-electron chi connectivity index (χ4n) is 1.84. The van der Waals surface area contributed by atoms with E-state index in [2.05, 4.69) is 15.8 Å². The number of carbonyl (C=O) groups excluding carboxylic acids is 2. The molecule has 0 saturated heterocycles. The van der Waals surface area contributed by atoms with Crippen LogP contribution in [0.1, 0.15) is 23.3 Å². The number of hydrazine groups is 1. The normalized spacial score (nSPS) is 9.88. The average molecular weight is 329 g/mol. The van der Waals surface area contributed by atoms with Crippen LogP contribution in [0.15, 0.2) is 48.7 Å². The molecule has 0 radical (unpaired) electrons. The van der Waals surface area contributed by atoms with Crippen LogP contribution in [0.25, 0.3) is 0 Å². The number of rotatable bonds is 7. The standard InChI is InChI=1S/C17H19N3O4/c1-23-13-7-9-14(10-8-13)24-12-4-6-16(21)19-20-17(22)15-5-2-3-11-18-15/h2-3,5,7-11H,4,6,12H2,1H3,(H,19,21)(H,20,22). The first-order valence-corrected chi connectivity index (χ1v) is 7.46. The minimum absolute atomic E-state index is 0.235. The monoisotopic (exact) mass is 329 g/mol. The Bertz CT molecular complexity index is 659. The Hall–Kier alpha value is -3.09. The van der Waals surface area contributed by atoms with Gasteiger partial charge in [-0.15, -0.1) is 0 Å². The van der Waals surface area contributed by atoms with E-state index in [0.29, 0.717) is 18.8 Å². The molecule has 2 rings (SSSR count). The smallest absolute Gasteiger partial charge is 0.288 e. The van der Waals surface area contributed by atoms with Gasteiger partial charge in [0, 0.05) is 12.6 Å². The number of amides is 2. The van der Waals surface area contributed by atoms with E-state index in [1.165, 1.54) is 6.20 Å². The first-order valence-electron chi connectivity index (χ1n) is 7.46. The van der Waals surface area contributed by atoms with Crippen LogP contribution in [0.2, 0.25) is 0 Å². The minimum Gasteiger partial charge on any atom is -0.497 e. The zero-order valence-electron chi connectivity index (χ0n) is 13.3. The maximum Gasteiger partial charge on any atom is 0.288 e. The molecule has 0 aliphatic heterocycles. The van der Waals surface area contributed by atoms with E-state index in [9.17, 15) is 9.59 Å². The predicted molar refractivity (Wildman–Crippen MR) is 87.6 cm³/mol. The van der Waals surface area contributed by atoms with Crippen molar-refractivity contribution < 1.29 is 19.1 Å². The molecule has 2 aromatic rings. The molecule has 1 aromatic carbocycles. The van der Waals surface area contributed by atoms with Gasteiger partial charge in [0.15, 0.2) is 0 Å². The summed E-state index contributed by atoms with van der Waals surface area (Å²) in [6.45, 7) is 0.397. The number of pyridine rings is 1. The number of aromatic nitrogens is 1. The summed E-state index contributed by atoms with van der Waals surface area (Å²) in [4.78, 5) is 27.2. The zero-order valence-corrected chi connectivity index (χ0v) is 13.3. The summed E-state index contributed by atoms with van der Waals surface area (Å²) < 4.78 is 10.6. The molecule has 1 aromatic heterocycles. The Kier molecular flexibility index (Phi) is 6.58. The van der Waals surface area contributed by atoms with Gasteiger partial charge in [0.2, 0.25) is 5.91 Å². The second-order valence-electron chi connectivity index (χ2n) is 4.84. The van der Waals surface area contributed by atoms with Crippen molar-refractivity contribution in [2.75, 3.05) is 13.7 Å². The summed E-state index contributed by atoms with van der Waals surface area (Å²) in [7, 11) is 1.60. The summed E-state index contributed by atoms with van der Waals surface area (Å²) in [6, 6.07) is 12.2. The molecule has 0 spiro atoms. The lowest BCUT2D eigenvalue weighted by atomic mass is 10.3. The number of hydrogen-bond acceptors (Lipinski definition) is 5. The maximum atomic E-state index is 11.7. The molecule has 0 aliphatic rings. The van der Waals surface area contributed by atoms with E-state index in [-0.39, 0.29) is 18.0 Å². The lowest BCUT2D eigenvalue weighted by Crippen LogP contribution is -2.41. The van der Waals surface area contributed by atoms with Crippen molar-refractivity contribution in [3.8, 4) is 11.5 Å². The highest BCUT2D eigenvalue weighted by atomic mass is 16.5. The quantitative estimate of drug-likeness (QED) is 0.596. The number of carbonyl (C=O) groups is 2. The number of methoxy groups -OCH3 is 1. The Morgan fingerprint density at radius 1 is 1.04 bits per heavy atom. The van der Waals surface area contributed by atoms with E-state index in [0.717, 1.165) is 5.75 Å². The van der Waals surface area contributed by atoms with Crippen LogP contribution in [0.4, 0.5) is 0 Å². The van der Waals surface area contributed by atoms with E-state index < -0.39 is 5.91 Å². The number of nitrogens with zero attached hydrogens (tertiary/aromatic N) is 1. The van der Waals surface area contributed by atoms with Gasteiger partial charge in [-0.3, -0.25) is 25.4 Å². The Morgan fingerprint density at radius 2 is 1.79 bits per heavy atom. The molecule has 7 heteroatoms. The molecule has 0 atom stereocenters. The van der Waals surface area contributed by atoms with Crippen molar-refractivity contribution in [1.29, 1.82) is 0 Å². The van der Waals surface area contributed by atoms with Crippen molar-refractivity contribution in [3.63, 3.8) is 0 Å². The SMILES string of the molecule is COc1ccc(OCCCC(=O)NNC(=O)c2ccccn2)cc1. The van der Waals surface area contributed by atoms with Gasteiger partial charge in [0.25, 0.3) is 5.91 Å². The lowest BCUT2D eigenvalue weighted by molar-refractivity contribution is -0.122. The minimum atomic E-state index is -0.460. The summed E-state index contributed by atoms with van der Waals surface area (Å²) >= 11 is 0. The highest BCUT2D eigenvalue weighted by Crippen LogP contribution is 2.17. The molecule has 2 amide bonds. The summed E-state index contributed by atoms with van der Waals surface area (Å²) in [5.74, 6) is 0.709. The summed E-state index contributed by atoms with van der Waals surface area (Å²) in [5.41, 5.74) is 4.90. The van der Waals surface area contributed by atoms with Crippen molar-refractivity contribution >= 4 is 11.8 Å². The average Bonchev–Trinajstić information content (AvgIpc) is 2.64. The number of nitrogens with one attached hydrogen (secondary N) is 2. The zero-order chi connectivity index (χ0) is 17.2. The van der Waals surface area contributed by atoms with Gasteiger partial charge in [0.1, 0.15) is 17.2 Å². The first-order chi connectivity index (χ1) is 11.7. The van der Waals surface area contributed by atoms with Gasteiger partial charge in [-0.05, 0) is 42.8 Å². The Morgan fingerprint density at radius 3 is 2.46 bits per heavy atom. The van der Waals surface area contributed by atoms with E-state index >= 15 is 0 Å². The van der Waals surface area contributed by atoms with Crippen LogP contribution >= 0.6 is 0 Å². The molecule has 126 valence electrons. The Labute approximate surface area is 140 Å². The van der Waals surface area contributed by atoms with Crippen molar-refractivity contribution in [2.45, 2.75) is 12.8 Å². The lowest BCUT2D eigenvalue weighted by Gasteiger charge is -2.08. The first kappa shape index (κ1) is 17.3. The molecule has 1 heterocycles. The summed E-state index contributed by atoms with van der Waals surface area (Å²) in [6.07, 6.45) is 2.27. The van der Waals surface area contributed by atoms with Crippen LogP contribution < -0.4 is 20.3 Å². The van der Waals surface area contributed by atoms with E-state index in [4.69, 9.17) is 9.47 Å². The van der Waals surface area contributed by atoms with Gasteiger partial charge >= 0.3 is 0 Å². The third-order valence-corrected chi connectivity index (χ3v) is 3.09. The van der Waals surface area contributed by atoms with E-state index in [1.807, 2.05) is 0 Å². The molecule has 0 aliphatic carbocycles. The van der Waals surface area contributed by atoms with Crippen LogP contribution in [0.3, 0.4) is 0 Å². The number of ether oxygens (including phenoxy) is 2. The molecular formula is C17H19N3O4. The van der Waals surface area contributed by atoms with Crippen LogP contribution in [0.5, 0.6) is 11.5 Å². The van der Waals surface area contributed by atoms with Crippen molar-refractivity contribution in [1.82, 2.24) is 15.8 Å². The number of benzene rings is 1. The molecule has 7 nitrogen and oxygen atoms in total. The van der Waals surface area contributed by atoms with Crippen LogP contribution in [-0.2, 0) is 4.79 Å². The van der Waals surface area contributed by atoms with Gasteiger partial charge in [0.05, 0.1) is 13.7 Å². The van der Waals surface area contributed by atoms with Crippen LogP contribution in [0, 0.1) is 0 Å². The third kappa shape index (κ3) is 5.60. The largest absolute Gasteiger partial charge is 0.497 e. The second-order valence-corrected chi connectivity index (χ2v) is 4.84. The fraction of sp³-hybridized carbons (Fsp3) is 0.235. The second kappa shape index (κ2) is 9.14. The molecule has 0 saturated carbocycles. The molecule has 0 fully saturated rings. The van der Waals surface area contributed by atoms with E-state index in [1.54, 1.807) is 49.6 Å². The predicted octanol–water partition coefficient (Wildman–Crippen LogP) is 1.71. The van der Waals surface area contributed by atoms with Gasteiger partial charge in [-0.25, -0.2) is 0 Å². The Balaban J connectivity index is 1.62. The summed E-state index contributed by atoms with van der Waals surface area (Å²) in [5, 5.41) is 0. The molecular weight excluding hydrogens is 310 g/mol. The number of hydrogen-bond donors (Lipinski definition) is 2. The third-order valence-electron chi connectivity index (χ3n) is 3.09. The maximum absolute atomic E-state index is 11.7. The highest BCUT2D eigenvalue weighted by molar-refractivity contribution is 5.93. The van der Waals surface area contributed by atoms with Gasteiger partial charge < -0.3 is 9.47 Å². The molecule has 24 heavy (non-hydrogen) atoms. The van der Waals surface area contributed by atoms with Gasteiger partial charge in [-0.2, -0.15) is 0 Å². The van der Waals surface area contributed by atoms with Crippen molar-refractivity contribution in [3.05, 3.63) is 54.4 Å². The molecule has 0 unspecified atom stereocenters. The van der Waals surface area contributed by atoms with Gasteiger partial charge in [-0.1, -0.05) is 6.07 Å². The topological polar surface area (TPSA) is 89.5 Å². The molecule has 0 bridgehead atoms. The van der Waals surface area contributed by atoms with Crippen LogP contribution in [-0.4, -0.2) is 30.5 Å².